The van der Waals surface area contributed by atoms with Gasteiger partial charge in [0.1, 0.15) is 0 Å². The van der Waals surface area contributed by atoms with E-state index in [1.165, 1.54) is 28.2 Å². The standard InChI is InChI=1S/C21H22N2/c1-15-10-16(2)12-20(11-15)22-14-19-13-17(3)23(18(19)4)21-8-6-5-7-9-21/h5-14H,1-4H3. The van der Waals surface area contributed by atoms with Crippen LogP contribution in [-0.2, 0) is 0 Å². The lowest BCUT2D eigenvalue weighted by Gasteiger charge is -2.09. The van der Waals surface area contributed by atoms with Gasteiger partial charge in [0.25, 0.3) is 0 Å². The predicted octanol–water partition coefficient (Wildman–Crippen LogP) is 5.46. The molecule has 0 aliphatic heterocycles. The van der Waals surface area contributed by atoms with Gasteiger partial charge in [0.15, 0.2) is 0 Å². The molecule has 0 N–H and O–H groups in total. The van der Waals surface area contributed by atoms with Crippen LogP contribution in [0.1, 0.15) is 28.1 Å². The van der Waals surface area contributed by atoms with Crippen molar-refractivity contribution in [3.63, 3.8) is 0 Å². The number of nitrogens with zero attached hydrogens (tertiary/aromatic N) is 2. The number of hydrogen-bond acceptors (Lipinski definition) is 1. The van der Waals surface area contributed by atoms with Gasteiger partial charge < -0.3 is 4.57 Å². The molecule has 2 aromatic carbocycles. The molecule has 2 nitrogen and oxygen atoms in total. The minimum atomic E-state index is 1.01. The quantitative estimate of drug-likeness (QED) is 0.571. The van der Waals surface area contributed by atoms with E-state index >= 15 is 0 Å². The number of aryl methyl sites for hydroxylation is 3. The fourth-order valence-corrected chi connectivity index (χ4v) is 3.06. The Hall–Kier alpha value is -2.61. The van der Waals surface area contributed by atoms with Crippen molar-refractivity contribution in [3.8, 4) is 5.69 Å². The van der Waals surface area contributed by atoms with Crippen molar-refractivity contribution in [2.45, 2.75) is 27.7 Å². The van der Waals surface area contributed by atoms with Gasteiger partial charge in [-0.3, -0.25) is 4.99 Å². The summed E-state index contributed by atoms with van der Waals surface area (Å²) in [5.41, 5.74) is 8.27. The fourth-order valence-electron chi connectivity index (χ4n) is 3.06. The molecule has 23 heavy (non-hydrogen) atoms. The highest BCUT2D eigenvalue weighted by Crippen LogP contribution is 2.21. The minimum Gasteiger partial charge on any atom is -0.318 e. The Labute approximate surface area is 138 Å². The zero-order valence-corrected chi connectivity index (χ0v) is 14.2. The first kappa shape index (κ1) is 15.3. The second-order valence-electron chi connectivity index (χ2n) is 6.10. The maximum Gasteiger partial charge on any atom is 0.0635 e. The Bertz CT molecular complexity index is 835. The third kappa shape index (κ3) is 3.26. The van der Waals surface area contributed by atoms with Crippen LogP contribution in [0, 0.1) is 27.7 Å². The van der Waals surface area contributed by atoms with Crippen LogP contribution in [0.25, 0.3) is 5.69 Å². The van der Waals surface area contributed by atoms with Crippen LogP contribution < -0.4 is 0 Å². The first-order chi connectivity index (χ1) is 11.0. The van der Waals surface area contributed by atoms with Gasteiger partial charge in [-0.25, -0.2) is 0 Å². The van der Waals surface area contributed by atoms with Crippen LogP contribution in [0.5, 0.6) is 0 Å². The molecule has 0 fully saturated rings. The number of para-hydroxylation sites is 1. The third-order valence-corrected chi connectivity index (χ3v) is 4.04. The smallest absolute Gasteiger partial charge is 0.0635 e. The Morgan fingerprint density at radius 3 is 2.13 bits per heavy atom. The second-order valence-corrected chi connectivity index (χ2v) is 6.10. The average Bonchev–Trinajstić information content (AvgIpc) is 2.79. The summed E-state index contributed by atoms with van der Waals surface area (Å²) in [6, 6.07) is 19.0. The van der Waals surface area contributed by atoms with Crippen LogP contribution in [0.2, 0.25) is 0 Å². The molecule has 0 saturated heterocycles. The van der Waals surface area contributed by atoms with Crippen LogP contribution in [0.4, 0.5) is 5.69 Å². The summed E-state index contributed by atoms with van der Waals surface area (Å²) < 4.78 is 2.27. The van der Waals surface area contributed by atoms with Crippen molar-refractivity contribution >= 4 is 11.9 Å². The van der Waals surface area contributed by atoms with Gasteiger partial charge in [-0.05, 0) is 69.2 Å². The normalized spacial score (nSPS) is 11.3. The van der Waals surface area contributed by atoms with Crippen LogP contribution in [0.15, 0.2) is 59.6 Å². The maximum absolute atomic E-state index is 4.67. The molecule has 116 valence electrons. The highest BCUT2D eigenvalue weighted by Gasteiger charge is 2.08. The van der Waals surface area contributed by atoms with E-state index in [0.29, 0.717) is 0 Å². The predicted molar refractivity (Wildman–Crippen MR) is 98.4 cm³/mol. The molecule has 0 radical (unpaired) electrons. The van der Waals surface area contributed by atoms with Crippen molar-refractivity contribution in [1.82, 2.24) is 4.57 Å². The minimum absolute atomic E-state index is 1.01. The first-order valence-electron chi connectivity index (χ1n) is 7.91. The average molecular weight is 302 g/mol. The number of rotatable bonds is 3. The zero-order chi connectivity index (χ0) is 16.4. The number of benzene rings is 2. The van der Waals surface area contributed by atoms with E-state index in [2.05, 4.69) is 85.8 Å². The highest BCUT2D eigenvalue weighted by atomic mass is 15.0. The van der Waals surface area contributed by atoms with Gasteiger partial charge in [0.2, 0.25) is 0 Å². The van der Waals surface area contributed by atoms with E-state index in [4.69, 9.17) is 0 Å². The number of aromatic nitrogens is 1. The Morgan fingerprint density at radius 2 is 1.48 bits per heavy atom. The zero-order valence-electron chi connectivity index (χ0n) is 14.2. The topological polar surface area (TPSA) is 17.3 Å². The fraction of sp³-hybridized carbons (Fsp3) is 0.190. The van der Waals surface area contributed by atoms with E-state index in [-0.39, 0.29) is 0 Å². The Balaban J connectivity index is 1.97. The van der Waals surface area contributed by atoms with Gasteiger partial charge in [0, 0.05) is 28.9 Å². The molecular weight excluding hydrogens is 280 g/mol. The summed E-state index contributed by atoms with van der Waals surface area (Å²) in [6.45, 7) is 8.48. The lowest BCUT2D eigenvalue weighted by Crippen LogP contribution is -1.98. The third-order valence-electron chi connectivity index (χ3n) is 4.04. The summed E-state index contributed by atoms with van der Waals surface area (Å²) in [7, 11) is 0. The Morgan fingerprint density at radius 1 is 0.826 bits per heavy atom. The van der Waals surface area contributed by atoms with Crippen molar-refractivity contribution in [3.05, 3.63) is 82.7 Å². The summed E-state index contributed by atoms with van der Waals surface area (Å²) in [5.74, 6) is 0. The van der Waals surface area contributed by atoms with E-state index in [1.54, 1.807) is 0 Å². The van der Waals surface area contributed by atoms with Crippen molar-refractivity contribution in [2.24, 2.45) is 4.99 Å². The van der Waals surface area contributed by atoms with Gasteiger partial charge in [-0.15, -0.1) is 0 Å². The molecule has 0 spiro atoms. The maximum atomic E-state index is 4.67. The molecule has 0 aliphatic rings. The summed E-state index contributed by atoms with van der Waals surface area (Å²) in [5, 5.41) is 0. The Kier molecular flexibility index (Phi) is 4.16. The molecule has 0 amide bonds. The van der Waals surface area contributed by atoms with Gasteiger partial charge in [-0.2, -0.15) is 0 Å². The van der Waals surface area contributed by atoms with Crippen LogP contribution in [0.3, 0.4) is 0 Å². The number of hydrogen-bond donors (Lipinski definition) is 0. The summed E-state index contributed by atoms with van der Waals surface area (Å²) >= 11 is 0. The lowest BCUT2D eigenvalue weighted by molar-refractivity contribution is 0.965. The molecule has 3 aromatic rings. The van der Waals surface area contributed by atoms with E-state index < -0.39 is 0 Å². The van der Waals surface area contributed by atoms with Crippen molar-refractivity contribution in [2.75, 3.05) is 0 Å². The molecule has 0 atom stereocenters. The SMILES string of the molecule is Cc1cc(C)cc(N=Cc2cc(C)n(-c3ccccc3)c2C)c1. The van der Waals surface area contributed by atoms with E-state index in [0.717, 1.165) is 11.3 Å². The summed E-state index contributed by atoms with van der Waals surface area (Å²) in [6.07, 6.45) is 1.97. The lowest BCUT2D eigenvalue weighted by atomic mass is 10.1. The monoisotopic (exact) mass is 302 g/mol. The molecule has 0 aliphatic carbocycles. The number of aliphatic imine (C=N–C) groups is 1. The molecule has 1 aromatic heterocycles. The summed E-state index contributed by atoms with van der Waals surface area (Å²) in [4.78, 5) is 4.67. The van der Waals surface area contributed by atoms with Gasteiger partial charge in [0.05, 0.1) is 5.69 Å². The molecule has 1 heterocycles. The van der Waals surface area contributed by atoms with Gasteiger partial charge >= 0.3 is 0 Å². The molecular formula is C21H22N2. The van der Waals surface area contributed by atoms with Crippen LogP contribution in [-0.4, -0.2) is 10.8 Å². The van der Waals surface area contributed by atoms with Gasteiger partial charge in [-0.1, -0.05) is 24.3 Å². The molecule has 0 bridgehead atoms. The van der Waals surface area contributed by atoms with Crippen LogP contribution >= 0.6 is 0 Å². The molecule has 0 saturated carbocycles. The second kappa shape index (κ2) is 6.25. The largest absolute Gasteiger partial charge is 0.318 e. The van der Waals surface area contributed by atoms with E-state index in [1.807, 2.05) is 12.3 Å². The first-order valence-corrected chi connectivity index (χ1v) is 7.91. The molecule has 2 heteroatoms. The van der Waals surface area contributed by atoms with E-state index in [9.17, 15) is 0 Å². The highest BCUT2D eigenvalue weighted by molar-refractivity contribution is 5.84. The molecule has 0 unspecified atom stereocenters. The van der Waals surface area contributed by atoms with Crippen molar-refractivity contribution in [1.29, 1.82) is 0 Å². The van der Waals surface area contributed by atoms with Crippen molar-refractivity contribution < 1.29 is 0 Å². The molecule has 3 rings (SSSR count).